The van der Waals surface area contributed by atoms with E-state index in [1.807, 2.05) is 62.4 Å². The second kappa shape index (κ2) is 8.36. The van der Waals surface area contributed by atoms with Crippen molar-refractivity contribution < 1.29 is 4.79 Å². The van der Waals surface area contributed by atoms with Gasteiger partial charge in [0.1, 0.15) is 17.2 Å². The number of aryl methyl sites for hydroxylation is 4. The maximum Gasteiger partial charge on any atom is 0.263 e. The molecule has 32 heavy (non-hydrogen) atoms. The van der Waals surface area contributed by atoms with Gasteiger partial charge in [0.05, 0.1) is 5.39 Å². The molecule has 0 saturated heterocycles. The highest BCUT2D eigenvalue weighted by molar-refractivity contribution is 7.18. The van der Waals surface area contributed by atoms with Gasteiger partial charge in [0.2, 0.25) is 5.91 Å². The first-order chi connectivity index (χ1) is 15.5. The Morgan fingerprint density at radius 3 is 2.62 bits per heavy atom. The Bertz CT molecular complexity index is 1390. The topological polar surface area (TPSA) is 64.0 Å². The third-order valence-corrected chi connectivity index (χ3v) is 7.38. The van der Waals surface area contributed by atoms with Crippen molar-refractivity contribution in [3.63, 3.8) is 0 Å². The minimum atomic E-state index is -0.238. The molecule has 0 radical (unpaired) electrons. The summed E-state index contributed by atoms with van der Waals surface area (Å²) in [5.74, 6) is 0.301. The van der Waals surface area contributed by atoms with Crippen LogP contribution in [-0.4, -0.2) is 15.5 Å². The van der Waals surface area contributed by atoms with Gasteiger partial charge in [-0.25, -0.2) is 4.98 Å². The zero-order valence-corrected chi connectivity index (χ0v) is 19.1. The van der Waals surface area contributed by atoms with E-state index in [4.69, 9.17) is 4.98 Å². The third kappa shape index (κ3) is 3.75. The molecule has 0 spiro atoms. The second-order valence-corrected chi connectivity index (χ2v) is 9.51. The van der Waals surface area contributed by atoms with Crippen molar-refractivity contribution in [2.24, 2.45) is 0 Å². The molecule has 4 aromatic rings. The molecule has 2 heterocycles. The van der Waals surface area contributed by atoms with Gasteiger partial charge in [-0.3, -0.25) is 14.2 Å². The van der Waals surface area contributed by atoms with Gasteiger partial charge in [-0.2, -0.15) is 0 Å². The van der Waals surface area contributed by atoms with Gasteiger partial charge in [-0.15, -0.1) is 11.3 Å². The quantitative estimate of drug-likeness (QED) is 0.468. The van der Waals surface area contributed by atoms with Gasteiger partial charge in [0.15, 0.2) is 0 Å². The molecule has 0 atom stereocenters. The van der Waals surface area contributed by atoms with Crippen LogP contribution in [0.3, 0.4) is 0 Å². The Labute approximate surface area is 190 Å². The van der Waals surface area contributed by atoms with Gasteiger partial charge in [0, 0.05) is 16.1 Å². The molecule has 0 saturated carbocycles. The summed E-state index contributed by atoms with van der Waals surface area (Å²) in [4.78, 5) is 33.6. The fraction of sp³-hybridized carbons (Fsp3) is 0.269. The highest BCUT2D eigenvalue weighted by Crippen LogP contribution is 2.34. The molecule has 1 aliphatic rings. The highest BCUT2D eigenvalue weighted by Gasteiger charge is 2.23. The molecule has 0 unspecified atom stereocenters. The molecule has 2 aromatic heterocycles. The fourth-order valence-electron chi connectivity index (χ4n) is 4.36. The van der Waals surface area contributed by atoms with E-state index in [9.17, 15) is 9.59 Å². The lowest BCUT2D eigenvalue weighted by Crippen LogP contribution is -2.30. The lowest BCUT2D eigenvalue weighted by molar-refractivity contribution is -0.116. The Balaban J connectivity index is 1.59. The van der Waals surface area contributed by atoms with E-state index in [1.54, 1.807) is 11.3 Å². The van der Waals surface area contributed by atoms with Crippen molar-refractivity contribution in [3.05, 3.63) is 80.5 Å². The number of aromatic nitrogens is 2. The third-order valence-electron chi connectivity index (χ3n) is 6.20. The van der Waals surface area contributed by atoms with Crippen LogP contribution in [0.15, 0.2) is 53.3 Å². The smallest absolute Gasteiger partial charge is 0.263 e. The zero-order chi connectivity index (χ0) is 22.2. The number of benzene rings is 2. The summed E-state index contributed by atoms with van der Waals surface area (Å²) in [6, 6.07) is 15.5. The first-order valence-electron chi connectivity index (χ1n) is 11.0. The van der Waals surface area contributed by atoms with Gasteiger partial charge in [-0.1, -0.05) is 36.4 Å². The van der Waals surface area contributed by atoms with Crippen molar-refractivity contribution in [1.82, 2.24) is 9.55 Å². The number of fused-ring (bicyclic) bond motifs is 3. The average Bonchev–Trinajstić information content (AvgIpc) is 3.17. The van der Waals surface area contributed by atoms with Crippen LogP contribution in [0.5, 0.6) is 0 Å². The SMILES string of the molecule is Cc1ccc(NC(=O)Cn2c(-c3ccccc3)nc3sc4c(c3c2=O)CCCC4)cc1C. The monoisotopic (exact) mass is 443 g/mol. The molecule has 5 rings (SSSR count). The van der Waals surface area contributed by atoms with Crippen LogP contribution >= 0.6 is 11.3 Å². The number of carbonyl (C=O) groups excluding carboxylic acids is 1. The summed E-state index contributed by atoms with van der Waals surface area (Å²) < 4.78 is 1.54. The molecular weight excluding hydrogens is 418 g/mol. The van der Waals surface area contributed by atoms with Crippen LogP contribution in [0.25, 0.3) is 21.6 Å². The van der Waals surface area contributed by atoms with E-state index in [1.165, 1.54) is 15.0 Å². The number of anilines is 1. The lowest BCUT2D eigenvalue weighted by Gasteiger charge is -2.14. The molecule has 1 N–H and O–H groups in total. The van der Waals surface area contributed by atoms with E-state index in [0.29, 0.717) is 11.2 Å². The van der Waals surface area contributed by atoms with Gasteiger partial charge >= 0.3 is 0 Å². The molecule has 6 heteroatoms. The van der Waals surface area contributed by atoms with Crippen molar-refractivity contribution in [2.75, 3.05) is 5.32 Å². The van der Waals surface area contributed by atoms with E-state index in [2.05, 4.69) is 5.32 Å². The Hall–Kier alpha value is -3.25. The number of carbonyl (C=O) groups is 1. The van der Waals surface area contributed by atoms with Gasteiger partial charge < -0.3 is 5.32 Å². The number of nitrogens with zero attached hydrogens (tertiary/aromatic N) is 2. The van der Waals surface area contributed by atoms with Crippen molar-refractivity contribution in [1.29, 1.82) is 0 Å². The van der Waals surface area contributed by atoms with Crippen LogP contribution in [0.2, 0.25) is 0 Å². The number of rotatable bonds is 4. The van der Waals surface area contributed by atoms with Crippen LogP contribution < -0.4 is 10.9 Å². The van der Waals surface area contributed by atoms with Crippen molar-refractivity contribution >= 4 is 33.1 Å². The van der Waals surface area contributed by atoms with Gasteiger partial charge in [-0.05, 0) is 68.4 Å². The molecule has 5 nitrogen and oxygen atoms in total. The summed E-state index contributed by atoms with van der Waals surface area (Å²) >= 11 is 1.63. The first-order valence-corrected chi connectivity index (χ1v) is 11.8. The normalized spacial score (nSPS) is 13.2. The maximum absolute atomic E-state index is 13.7. The minimum absolute atomic E-state index is 0.0798. The number of amides is 1. The summed E-state index contributed by atoms with van der Waals surface area (Å²) in [5, 5.41) is 3.64. The van der Waals surface area contributed by atoms with E-state index in [0.717, 1.165) is 52.9 Å². The van der Waals surface area contributed by atoms with Crippen LogP contribution in [-0.2, 0) is 24.2 Å². The summed E-state index contributed by atoms with van der Waals surface area (Å²) in [6.07, 6.45) is 4.15. The molecule has 1 aliphatic carbocycles. The number of hydrogen-bond acceptors (Lipinski definition) is 4. The zero-order valence-electron chi connectivity index (χ0n) is 18.3. The molecule has 0 bridgehead atoms. The second-order valence-electron chi connectivity index (χ2n) is 8.43. The van der Waals surface area contributed by atoms with E-state index >= 15 is 0 Å². The molecule has 0 fully saturated rings. The minimum Gasteiger partial charge on any atom is -0.325 e. The fourth-order valence-corrected chi connectivity index (χ4v) is 5.61. The highest BCUT2D eigenvalue weighted by atomic mass is 32.1. The molecule has 1 amide bonds. The van der Waals surface area contributed by atoms with Crippen molar-refractivity contribution in [3.8, 4) is 11.4 Å². The summed E-state index contributed by atoms with van der Waals surface area (Å²) in [5.41, 5.74) is 4.85. The lowest BCUT2D eigenvalue weighted by atomic mass is 9.97. The molecule has 0 aliphatic heterocycles. The standard InChI is InChI=1S/C26H25N3O2S/c1-16-12-13-19(14-17(16)2)27-22(30)15-29-24(18-8-4-3-5-9-18)28-25-23(26(29)31)20-10-6-7-11-21(20)32-25/h3-5,8-9,12-14H,6-7,10-11,15H2,1-2H3,(H,27,30). The van der Waals surface area contributed by atoms with Crippen LogP contribution in [0.1, 0.15) is 34.4 Å². The Morgan fingerprint density at radius 1 is 1.06 bits per heavy atom. The largest absolute Gasteiger partial charge is 0.325 e. The molecular formula is C26H25N3O2S. The maximum atomic E-state index is 13.7. The van der Waals surface area contributed by atoms with E-state index in [-0.39, 0.29) is 18.0 Å². The number of nitrogens with one attached hydrogen (secondary N) is 1. The predicted octanol–water partition coefficient (Wildman–Crippen LogP) is 5.26. The van der Waals surface area contributed by atoms with Crippen LogP contribution in [0.4, 0.5) is 5.69 Å². The number of hydrogen-bond donors (Lipinski definition) is 1. The number of thiophene rings is 1. The van der Waals surface area contributed by atoms with Gasteiger partial charge in [0.25, 0.3) is 5.56 Å². The summed E-state index contributed by atoms with van der Waals surface area (Å²) in [6.45, 7) is 3.97. The Kier molecular flexibility index (Phi) is 5.39. The van der Waals surface area contributed by atoms with Crippen LogP contribution in [0, 0.1) is 13.8 Å². The van der Waals surface area contributed by atoms with Crippen molar-refractivity contribution in [2.45, 2.75) is 46.1 Å². The van der Waals surface area contributed by atoms with E-state index < -0.39 is 0 Å². The molecule has 162 valence electrons. The summed E-state index contributed by atoms with van der Waals surface area (Å²) in [7, 11) is 0. The molecule has 2 aromatic carbocycles. The average molecular weight is 444 g/mol. The first kappa shape index (κ1) is 20.6. The Morgan fingerprint density at radius 2 is 1.84 bits per heavy atom. The predicted molar refractivity (Wildman–Crippen MR) is 131 cm³/mol.